The second-order valence-corrected chi connectivity index (χ2v) is 7.31. The number of rotatable bonds is 5. The number of ether oxygens (including phenoxy) is 1. The summed E-state index contributed by atoms with van der Waals surface area (Å²) in [5.74, 6) is -0.128. The van der Waals surface area contributed by atoms with Crippen molar-refractivity contribution in [3.8, 4) is 22.8 Å². The first-order valence-electron chi connectivity index (χ1n) is 9.46. The highest BCUT2D eigenvalue weighted by molar-refractivity contribution is 6.31. The topological polar surface area (TPSA) is 88.8 Å². The van der Waals surface area contributed by atoms with Crippen LogP contribution in [-0.2, 0) is 4.79 Å². The maximum absolute atomic E-state index is 12.5. The van der Waals surface area contributed by atoms with Crippen molar-refractivity contribution < 1.29 is 19.1 Å². The predicted octanol–water partition coefficient (Wildman–Crippen LogP) is 5.14. The maximum Gasteiger partial charge on any atom is 0.262 e. The summed E-state index contributed by atoms with van der Waals surface area (Å²) in [5, 5.41) is 13.6. The first kappa shape index (κ1) is 20.5. The minimum absolute atomic E-state index is 0.0473. The predicted molar refractivity (Wildman–Crippen MR) is 120 cm³/mol. The van der Waals surface area contributed by atoms with Gasteiger partial charge in [-0.25, -0.2) is 0 Å². The van der Waals surface area contributed by atoms with Crippen molar-refractivity contribution in [3.63, 3.8) is 0 Å². The molecule has 0 aliphatic rings. The standard InChI is InChI=1S/C24H18ClNO5/c1-14-17(25)8-5-9-18(14)26-23(29)13-30-16-10-19(27)24-20(28)12-21(31-22(24)11-16)15-6-3-2-4-7-15/h2-12,27H,13H2,1H3,(H,26,29). The zero-order chi connectivity index (χ0) is 22.0. The number of halogens is 1. The number of benzene rings is 3. The van der Waals surface area contributed by atoms with E-state index in [2.05, 4.69) is 5.32 Å². The van der Waals surface area contributed by atoms with Gasteiger partial charge in [-0.05, 0) is 24.6 Å². The van der Waals surface area contributed by atoms with Gasteiger partial charge in [-0.1, -0.05) is 48.0 Å². The van der Waals surface area contributed by atoms with E-state index in [0.717, 1.165) is 11.1 Å². The van der Waals surface area contributed by atoms with E-state index in [1.54, 1.807) is 25.1 Å². The van der Waals surface area contributed by atoms with Crippen LogP contribution in [0.5, 0.6) is 11.5 Å². The Morgan fingerprint density at radius 2 is 1.87 bits per heavy atom. The van der Waals surface area contributed by atoms with Crippen LogP contribution in [0.3, 0.4) is 0 Å². The Bertz CT molecular complexity index is 1330. The van der Waals surface area contributed by atoms with Gasteiger partial charge in [-0.3, -0.25) is 9.59 Å². The molecule has 0 fully saturated rings. The van der Waals surface area contributed by atoms with Crippen LogP contribution in [0.2, 0.25) is 5.02 Å². The number of anilines is 1. The summed E-state index contributed by atoms with van der Waals surface area (Å²) in [6.45, 7) is 1.49. The highest BCUT2D eigenvalue weighted by Gasteiger charge is 2.14. The number of phenols is 1. The number of nitrogens with one attached hydrogen (secondary N) is 1. The van der Waals surface area contributed by atoms with Gasteiger partial charge < -0.3 is 19.6 Å². The van der Waals surface area contributed by atoms with E-state index in [0.29, 0.717) is 16.5 Å². The normalized spacial score (nSPS) is 10.8. The van der Waals surface area contributed by atoms with Gasteiger partial charge in [0.15, 0.2) is 12.0 Å². The Kier molecular flexibility index (Phi) is 5.64. The van der Waals surface area contributed by atoms with Gasteiger partial charge in [0.2, 0.25) is 0 Å². The van der Waals surface area contributed by atoms with Crippen molar-refractivity contribution in [3.05, 3.63) is 87.5 Å². The molecule has 0 radical (unpaired) electrons. The van der Waals surface area contributed by atoms with E-state index in [-0.39, 0.29) is 34.5 Å². The van der Waals surface area contributed by atoms with Crippen LogP contribution >= 0.6 is 11.6 Å². The fourth-order valence-electron chi connectivity index (χ4n) is 3.15. The molecule has 0 bridgehead atoms. The second-order valence-electron chi connectivity index (χ2n) is 6.91. The van der Waals surface area contributed by atoms with Gasteiger partial charge in [0.25, 0.3) is 5.91 Å². The average molecular weight is 436 g/mol. The Labute approximate surface area is 182 Å². The molecule has 4 aromatic rings. The van der Waals surface area contributed by atoms with Crippen LogP contribution in [0.4, 0.5) is 5.69 Å². The minimum atomic E-state index is -0.399. The van der Waals surface area contributed by atoms with Crippen molar-refractivity contribution >= 4 is 34.2 Å². The number of hydrogen-bond donors (Lipinski definition) is 2. The van der Waals surface area contributed by atoms with E-state index in [1.165, 1.54) is 18.2 Å². The summed E-state index contributed by atoms with van der Waals surface area (Å²) in [5.41, 5.74) is 1.84. The van der Waals surface area contributed by atoms with E-state index < -0.39 is 5.91 Å². The van der Waals surface area contributed by atoms with Gasteiger partial charge in [-0.15, -0.1) is 0 Å². The van der Waals surface area contributed by atoms with E-state index >= 15 is 0 Å². The molecule has 156 valence electrons. The first-order chi connectivity index (χ1) is 14.9. The van der Waals surface area contributed by atoms with Gasteiger partial charge in [0.05, 0.1) is 0 Å². The average Bonchev–Trinajstić information content (AvgIpc) is 2.75. The molecule has 1 amide bonds. The van der Waals surface area contributed by atoms with E-state index in [4.69, 9.17) is 20.8 Å². The lowest BCUT2D eigenvalue weighted by Gasteiger charge is -2.11. The fourth-order valence-corrected chi connectivity index (χ4v) is 3.32. The number of carbonyl (C=O) groups is 1. The number of fused-ring (bicyclic) bond motifs is 1. The van der Waals surface area contributed by atoms with Gasteiger partial charge in [-0.2, -0.15) is 0 Å². The zero-order valence-electron chi connectivity index (χ0n) is 16.5. The molecule has 0 saturated carbocycles. The number of aromatic hydroxyl groups is 1. The molecule has 6 nitrogen and oxygen atoms in total. The van der Waals surface area contributed by atoms with Gasteiger partial charge in [0.1, 0.15) is 28.2 Å². The van der Waals surface area contributed by atoms with Crippen molar-refractivity contribution in [1.82, 2.24) is 0 Å². The SMILES string of the molecule is Cc1c(Cl)cccc1NC(=O)COc1cc(O)c2c(=O)cc(-c3ccccc3)oc2c1. The minimum Gasteiger partial charge on any atom is -0.507 e. The number of phenolic OH excluding ortho intramolecular Hbond substituents is 1. The molecular formula is C24H18ClNO5. The fraction of sp³-hybridized carbons (Fsp3) is 0.0833. The molecule has 2 N–H and O–H groups in total. The molecule has 0 saturated heterocycles. The number of hydrogen-bond acceptors (Lipinski definition) is 5. The largest absolute Gasteiger partial charge is 0.507 e. The molecule has 0 unspecified atom stereocenters. The molecule has 0 spiro atoms. The molecular weight excluding hydrogens is 418 g/mol. The Morgan fingerprint density at radius 1 is 1.10 bits per heavy atom. The smallest absolute Gasteiger partial charge is 0.262 e. The number of amides is 1. The first-order valence-corrected chi connectivity index (χ1v) is 9.84. The molecule has 0 atom stereocenters. The summed E-state index contributed by atoms with van der Waals surface area (Å²) in [6.07, 6.45) is 0. The maximum atomic E-state index is 12.5. The molecule has 3 aromatic carbocycles. The molecule has 1 aromatic heterocycles. The van der Waals surface area contributed by atoms with Gasteiger partial charge in [0, 0.05) is 34.5 Å². The third-order valence-electron chi connectivity index (χ3n) is 4.75. The summed E-state index contributed by atoms with van der Waals surface area (Å²) in [4.78, 5) is 24.8. The van der Waals surface area contributed by atoms with E-state index in [9.17, 15) is 14.7 Å². The van der Waals surface area contributed by atoms with Crippen LogP contribution in [-0.4, -0.2) is 17.6 Å². The van der Waals surface area contributed by atoms with E-state index in [1.807, 2.05) is 30.3 Å². The molecule has 7 heteroatoms. The highest BCUT2D eigenvalue weighted by atomic mass is 35.5. The summed E-state index contributed by atoms with van der Waals surface area (Å²) in [6, 6.07) is 18.4. The van der Waals surface area contributed by atoms with Crippen LogP contribution in [0.1, 0.15) is 5.56 Å². The lowest BCUT2D eigenvalue weighted by atomic mass is 10.1. The Morgan fingerprint density at radius 3 is 2.65 bits per heavy atom. The van der Waals surface area contributed by atoms with Crippen molar-refractivity contribution in [2.45, 2.75) is 6.92 Å². The molecule has 0 aliphatic heterocycles. The summed E-state index contributed by atoms with van der Waals surface area (Å²) in [7, 11) is 0. The quantitative estimate of drug-likeness (QED) is 0.453. The Balaban J connectivity index is 1.57. The third-order valence-corrected chi connectivity index (χ3v) is 5.16. The molecule has 31 heavy (non-hydrogen) atoms. The van der Waals surface area contributed by atoms with Crippen LogP contribution < -0.4 is 15.5 Å². The molecule has 1 heterocycles. The monoisotopic (exact) mass is 435 g/mol. The lowest BCUT2D eigenvalue weighted by molar-refractivity contribution is -0.118. The Hall–Kier alpha value is -3.77. The molecule has 0 aliphatic carbocycles. The second kappa shape index (κ2) is 8.53. The number of carbonyl (C=O) groups excluding carboxylic acids is 1. The lowest BCUT2D eigenvalue weighted by Crippen LogP contribution is -2.20. The van der Waals surface area contributed by atoms with Crippen LogP contribution in [0, 0.1) is 6.92 Å². The summed E-state index contributed by atoms with van der Waals surface area (Å²) < 4.78 is 11.3. The third kappa shape index (κ3) is 4.39. The van der Waals surface area contributed by atoms with Crippen molar-refractivity contribution in [1.29, 1.82) is 0 Å². The highest BCUT2D eigenvalue weighted by Crippen LogP contribution is 2.31. The van der Waals surface area contributed by atoms with Gasteiger partial charge >= 0.3 is 0 Å². The van der Waals surface area contributed by atoms with Crippen molar-refractivity contribution in [2.75, 3.05) is 11.9 Å². The van der Waals surface area contributed by atoms with Crippen molar-refractivity contribution in [2.24, 2.45) is 0 Å². The molecule has 4 rings (SSSR count). The van der Waals surface area contributed by atoms with Crippen LogP contribution in [0.25, 0.3) is 22.3 Å². The van der Waals surface area contributed by atoms with Crippen LogP contribution in [0.15, 0.2) is 75.9 Å². The summed E-state index contributed by atoms with van der Waals surface area (Å²) >= 11 is 6.07. The zero-order valence-corrected chi connectivity index (χ0v) is 17.3.